The first-order chi connectivity index (χ1) is 14.8. The molecule has 0 saturated carbocycles. The van der Waals surface area contributed by atoms with Crippen LogP contribution in [0.2, 0.25) is 0 Å². The molecule has 0 fully saturated rings. The van der Waals surface area contributed by atoms with Gasteiger partial charge in [-0.15, -0.1) is 0 Å². The molecule has 0 aliphatic rings. The maximum atomic E-state index is 12.6. The molecule has 0 unspecified atom stereocenters. The Morgan fingerprint density at radius 1 is 1.00 bits per heavy atom. The summed E-state index contributed by atoms with van der Waals surface area (Å²) in [5.74, 6) is -0.535. The van der Waals surface area contributed by atoms with Crippen molar-refractivity contribution < 1.29 is 18.0 Å². The smallest absolute Gasteiger partial charge is 0.232 e. The van der Waals surface area contributed by atoms with Gasteiger partial charge >= 0.3 is 0 Å². The minimum Gasteiger partial charge on any atom is -0.326 e. The van der Waals surface area contributed by atoms with E-state index in [1.165, 1.54) is 4.90 Å². The molecule has 0 heterocycles. The molecule has 0 aliphatic carbocycles. The van der Waals surface area contributed by atoms with Crippen LogP contribution in [0.4, 0.5) is 17.1 Å². The quantitative estimate of drug-likeness (QED) is 0.552. The molecule has 164 valence electrons. The fraction of sp³-hybridized carbons (Fsp3) is 0.318. The molecule has 2 aromatic rings. The van der Waals surface area contributed by atoms with Crippen molar-refractivity contribution in [3.05, 3.63) is 54.6 Å². The molecule has 0 atom stereocenters. The Bertz CT molecular complexity index is 1020. The summed E-state index contributed by atoms with van der Waals surface area (Å²) in [6.45, 7) is 2.04. The van der Waals surface area contributed by atoms with Gasteiger partial charge in [0, 0.05) is 36.4 Å². The molecule has 0 radical (unpaired) electrons. The highest BCUT2D eigenvalue weighted by Crippen LogP contribution is 2.17. The summed E-state index contributed by atoms with van der Waals surface area (Å²) in [5.41, 5.74) is 1.60. The summed E-state index contributed by atoms with van der Waals surface area (Å²) < 4.78 is 26.1. The number of sulfonamides is 1. The topological polar surface area (TPSA) is 119 Å². The highest BCUT2D eigenvalue weighted by Gasteiger charge is 2.17. The van der Waals surface area contributed by atoms with Gasteiger partial charge in [0.15, 0.2) is 0 Å². The third-order valence-corrected chi connectivity index (χ3v) is 5.79. The largest absolute Gasteiger partial charge is 0.326 e. The average Bonchev–Trinajstić information content (AvgIpc) is 2.74. The number of para-hydroxylation sites is 1. The van der Waals surface area contributed by atoms with Gasteiger partial charge in [-0.3, -0.25) is 14.3 Å². The molecule has 9 heteroatoms. The second-order valence-corrected chi connectivity index (χ2v) is 8.68. The predicted octanol–water partition coefficient (Wildman–Crippen LogP) is 3.50. The van der Waals surface area contributed by atoms with Crippen LogP contribution in [0.15, 0.2) is 54.6 Å². The number of nitrogens with zero attached hydrogens (tertiary/aromatic N) is 2. The van der Waals surface area contributed by atoms with E-state index in [0.29, 0.717) is 23.5 Å². The third kappa shape index (κ3) is 8.10. The number of carbonyl (C=O) groups excluding carboxylic acids is 2. The van der Waals surface area contributed by atoms with Crippen LogP contribution in [-0.2, 0) is 19.6 Å². The first-order valence-electron chi connectivity index (χ1n) is 9.97. The highest BCUT2D eigenvalue weighted by atomic mass is 32.2. The predicted molar refractivity (Wildman–Crippen MR) is 121 cm³/mol. The number of amides is 2. The number of nitrogens with one attached hydrogen (secondary N) is 2. The van der Waals surface area contributed by atoms with Gasteiger partial charge in [0.1, 0.15) is 0 Å². The molecule has 2 aromatic carbocycles. The molecule has 31 heavy (non-hydrogen) atoms. The van der Waals surface area contributed by atoms with Crippen molar-refractivity contribution >= 4 is 38.9 Å². The van der Waals surface area contributed by atoms with E-state index >= 15 is 0 Å². The van der Waals surface area contributed by atoms with Crippen molar-refractivity contribution in [2.45, 2.75) is 32.6 Å². The van der Waals surface area contributed by atoms with Gasteiger partial charge in [0.25, 0.3) is 0 Å². The normalized spacial score (nSPS) is 10.7. The number of nitriles is 1. The lowest BCUT2D eigenvalue weighted by atomic mass is 10.2. The molecule has 0 saturated heterocycles. The SMILES string of the molecule is CCCS(=O)(=O)Nc1ccc(NC(=O)CCC(=O)N(CCC#N)c2ccccc2)cc1. The van der Waals surface area contributed by atoms with Gasteiger partial charge in [-0.1, -0.05) is 25.1 Å². The minimum atomic E-state index is -3.38. The van der Waals surface area contributed by atoms with Gasteiger partial charge in [-0.05, 0) is 42.8 Å². The van der Waals surface area contributed by atoms with E-state index in [2.05, 4.69) is 10.0 Å². The fourth-order valence-corrected chi connectivity index (χ4v) is 4.00. The molecule has 2 amide bonds. The Hall–Kier alpha value is -3.38. The van der Waals surface area contributed by atoms with Crippen LogP contribution in [0.3, 0.4) is 0 Å². The number of carbonyl (C=O) groups is 2. The Morgan fingerprint density at radius 3 is 2.26 bits per heavy atom. The molecule has 2 rings (SSSR count). The maximum absolute atomic E-state index is 12.6. The molecule has 0 aromatic heterocycles. The second-order valence-electron chi connectivity index (χ2n) is 6.84. The highest BCUT2D eigenvalue weighted by molar-refractivity contribution is 7.92. The van der Waals surface area contributed by atoms with Crippen molar-refractivity contribution in [1.29, 1.82) is 5.26 Å². The van der Waals surface area contributed by atoms with E-state index in [1.807, 2.05) is 12.1 Å². The number of rotatable bonds is 11. The van der Waals surface area contributed by atoms with E-state index in [4.69, 9.17) is 5.26 Å². The fourth-order valence-electron chi connectivity index (χ4n) is 2.87. The van der Waals surface area contributed by atoms with E-state index in [-0.39, 0.29) is 43.4 Å². The monoisotopic (exact) mass is 442 g/mol. The van der Waals surface area contributed by atoms with Gasteiger partial charge in [-0.2, -0.15) is 5.26 Å². The maximum Gasteiger partial charge on any atom is 0.232 e. The molecule has 0 bridgehead atoms. The first-order valence-corrected chi connectivity index (χ1v) is 11.6. The van der Waals surface area contributed by atoms with Crippen molar-refractivity contribution in [2.75, 3.05) is 27.2 Å². The van der Waals surface area contributed by atoms with Crippen molar-refractivity contribution in [1.82, 2.24) is 0 Å². The summed E-state index contributed by atoms with van der Waals surface area (Å²) in [6, 6.07) is 17.4. The second kappa shape index (κ2) is 11.7. The number of hydrogen-bond donors (Lipinski definition) is 2. The van der Waals surface area contributed by atoms with Crippen LogP contribution >= 0.6 is 0 Å². The van der Waals surface area contributed by atoms with E-state index in [0.717, 1.165) is 0 Å². The zero-order valence-electron chi connectivity index (χ0n) is 17.4. The number of benzene rings is 2. The van der Waals surface area contributed by atoms with E-state index < -0.39 is 10.0 Å². The lowest BCUT2D eigenvalue weighted by molar-refractivity contribution is -0.122. The third-order valence-electron chi connectivity index (χ3n) is 4.30. The molecular formula is C22H26N4O4S. The Kier molecular flexibility index (Phi) is 9.03. The van der Waals surface area contributed by atoms with Gasteiger partial charge in [0.05, 0.1) is 18.2 Å². The summed E-state index contributed by atoms with van der Waals surface area (Å²) in [6.07, 6.45) is 0.697. The summed E-state index contributed by atoms with van der Waals surface area (Å²) in [5, 5.41) is 11.5. The van der Waals surface area contributed by atoms with Crippen LogP contribution in [0.1, 0.15) is 32.6 Å². The molecule has 0 aliphatic heterocycles. The summed E-state index contributed by atoms with van der Waals surface area (Å²) >= 11 is 0. The van der Waals surface area contributed by atoms with Crippen molar-refractivity contribution in [3.63, 3.8) is 0 Å². The van der Waals surface area contributed by atoms with Crippen LogP contribution in [0.25, 0.3) is 0 Å². The Balaban J connectivity index is 1.90. The molecule has 0 spiro atoms. The van der Waals surface area contributed by atoms with Gasteiger partial charge < -0.3 is 10.2 Å². The van der Waals surface area contributed by atoms with Gasteiger partial charge in [0.2, 0.25) is 21.8 Å². The minimum absolute atomic E-state index is 0.00105. The Morgan fingerprint density at radius 2 is 1.65 bits per heavy atom. The molecule has 2 N–H and O–H groups in total. The molecule has 8 nitrogen and oxygen atoms in total. The lowest BCUT2D eigenvalue weighted by Gasteiger charge is -2.21. The number of hydrogen-bond acceptors (Lipinski definition) is 5. The lowest BCUT2D eigenvalue weighted by Crippen LogP contribution is -2.32. The van der Waals surface area contributed by atoms with Crippen LogP contribution in [0.5, 0.6) is 0 Å². The van der Waals surface area contributed by atoms with Crippen molar-refractivity contribution in [2.24, 2.45) is 0 Å². The summed E-state index contributed by atoms with van der Waals surface area (Å²) in [4.78, 5) is 26.4. The van der Waals surface area contributed by atoms with Crippen LogP contribution in [0, 0.1) is 11.3 Å². The van der Waals surface area contributed by atoms with Crippen LogP contribution in [-0.4, -0.2) is 32.5 Å². The van der Waals surface area contributed by atoms with Crippen molar-refractivity contribution in [3.8, 4) is 6.07 Å². The van der Waals surface area contributed by atoms with Crippen LogP contribution < -0.4 is 14.9 Å². The zero-order valence-corrected chi connectivity index (χ0v) is 18.2. The first kappa shape index (κ1) is 23.9. The van der Waals surface area contributed by atoms with E-state index in [1.54, 1.807) is 55.5 Å². The standard InChI is InChI=1S/C22H26N4O4S/c1-2-17-31(29,30)25-19-11-9-18(10-12-19)24-21(27)13-14-22(28)26(16-6-15-23)20-7-4-3-5-8-20/h3-5,7-12,25H,2,6,13-14,16-17H2,1H3,(H,24,27). The van der Waals surface area contributed by atoms with Gasteiger partial charge in [-0.25, -0.2) is 8.42 Å². The average molecular weight is 443 g/mol. The summed E-state index contributed by atoms with van der Waals surface area (Å²) in [7, 11) is -3.38. The number of anilines is 3. The van der Waals surface area contributed by atoms with E-state index in [9.17, 15) is 18.0 Å². The molecular weight excluding hydrogens is 416 g/mol. The Labute approximate surface area is 182 Å². The zero-order chi connectivity index (χ0) is 22.7.